The minimum atomic E-state index is -4.51. The van der Waals surface area contributed by atoms with Crippen LogP contribution in [0, 0.1) is 13.8 Å². The quantitative estimate of drug-likeness (QED) is 0.588. The van der Waals surface area contributed by atoms with Crippen molar-refractivity contribution in [1.82, 2.24) is 14.7 Å². The van der Waals surface area contributed by atoms with E-state index < -0.39 is 11.9 Å². The van der Waals surface area contributed by atoms with Crippen molar-refractivity contribution in [2.24, 2.45) is 12.0 Å². The Kier molecular flexibility index (Phi) is 5.39. The van der Waals surface area contributed by atoms with Crippen LogP contribution < -0.4 is 4.74 Å². The minimum Gasteiger partial charge on any atom is -0.439 e. The molecule has 2 aromatic rings. The van der Waals surface area contributed by atoms with Gasteiger partial charge in [-0.1, -0.05) is 0 Å². The van der Waals surface area contributed by atoms with Crippen molar-refractivity contribution in [3.8, 4) is 11.6 Å². The van der Waals surface area contributed by atoms with Crippen LogP contribution in [0.1, 0.15) is 23.7 Å². The highest BCUT2D eigenvalue weighted by Gasteiger charge is 2.35. The maximum atomic E-state index is 12.7. The molecule has 0 saturated carbocycles. The maximum absolute atomic E-state index is 12.7. The van der Waals surface area contributed by atoms with Crippen LogP contribution in [0.5, 0.6) is 11.6 Å². The van der Waals surface area contributed by atoms with Gasteiger partial charge >= 0.3 is 6.18 Å². The number of hydrogen-bond acceptors (Lipinski definition) is 3. The molecule has 1 aromatic carbocycles. The van der Waals surface area contributed by atoms with E-state index >= 15 is 0 Å². The summed E-state index contributed by atoms with van der Waals surface area (Å²) < 4.78 is 44.9. The molecule has 0 N–H and O–H groups in total. The molecule has 0 radical (unpaired) electrons. The molecular formula is C17H21F3N4O. The molecule has 2 rings (SSSR count). The number of rotatable bonds is 5. The second-order valence-corrected chi connectivity index (χ2v) is 5.81. The normalized spacial score (nSPS) is 12.0. The van der Waals surface area contributed by atoms with Crippen molar-refractivity contribution < 1.29 is 17.9 Å². The fraction of sp³-hybridized carbons (Fsp3) is 0.412. The number of aliphatic imine (C=N–C) groups is 1. The molecule has 136 valence electrons. The molecule has 0 aliphatic rings. The molecule has 0 atom stereocenters. The molecule has 0 fully saturated rings. The molecule has 0 unspecified atom stereocenters. The van der Waals surface area contributed by atoms with Gasteiger partial charge in [-0.05, 0) is 44.0 Å². The number of aromatic nitrogens is 2. The van der Waals surface area contributed by atoms with Gasteiger partial charge < -0.3 is 9.64 Å². The molecule has 0 saturated heterocycles. The molecule has 0 aliphatic carbocycles. The summed E-state index contributed by atoms with van der Waals surface area (Å²) in [6.45, 7) is 6.54. The highest BCUT2D eigenvalue weighted by atomic mass is 19.4. The van der Waals surface area contributed by atoms with Crippen molar-refractivity contribution in [2.75, 3.05) is 13.6 Å². The van der Waals surface area contributed by atoms with Crippen molar-refractivity contribution in [3.63, 3.8) is 0 Å². The number of aryl methyl sites for hydroxylation is 3. The Labute approximate surface area is 144 Å². The summed E-state index contributed by atoms with van der Waals surface area (Å²) in [6, 6.07) is 4.48. The number of nitrogens with zero attached hydrogens (tertiary/aromatic N) is 4. The van der Waals surface area contributed by atoms with Crippen molar-refractivity contribution in [2.45, 2.75) is 26.9 Å². The number of ether oxygens (including phenoxy) is 1. The van der Waals surface area contributed by atoms with Crippen LogP contribution in [0.2, 0.25) is 0 Å². The topological polar surface area (TPSA) is 42.6 Å². The van der Waals surface area contributed by atoms with Gasteiger partial charge in [0.05, 0.1) is 12.0 Å². The molecule has 0 amide bonds. The average Bonchev–Trinajstić information content (AvgIpc) is 2.90. The number of benzene rings is 1. The summed E-state index contributed by atoms with van der Waals surface area (Å²) in [5, 5.41) is 3.44. The largest absolute Gasteiger partial charge is 0.439 e. The number of alkyl halides is 3. The molecule has 25 heavy (non-hydrogen) atoms. The van der Waals surface area contributed by atoms with Gasteiger partial charge in [0.1, 0.15) is 5.75 Å². The van der Waals surface area contributed by atoms with E-state index in [0.29, 0.717) is 5.75 Å². The molecule has 8 heteroatoms. The summed E-state index contributed by atoms with van der Waals surface area (Å²) in [5.74, 6) is 0.494. The minimum absolute atomic E-state index is 0.0248. The van der Waals surface area contributed by atoms with E-state index in [0.717, 1.165) is 34.1 Å². The van der Waals surface area contributed by atoms with Gasteiger partial charge in [-0.2, -0.15) is 18.3 Å². The molecule has 1 aromatic heterocycles. The third-order valence-electron chi connectivity index (χ3n) is 3.73. The lowest BCUT2D eigenvalue weighted by Gasteiger charge is -2.12. The highest BCUT2D eigenvalue weighted by molar-refractivity contribution is 5.64. The van der Waals surface area contributed by atoms with Gasteiger partial charge in [-0.15, -0.1) is 0 Å². The van der Waals surface area contributed by atoms with E-state index in [1.165, 1.54) is 7.05 Å². The third-order valence-corrected chi connectivity index (χ3v) is 3.73. The molecule has 0 spiro atoms. The van der Waals surface area contributed by atoms with E-state index in [-0.39, 0.29) is 5.88 Å². The first-order chi connectivity index (χ1) is 11.6. The van der Waals surface area contributed by atoms with E-state index in [1.54, 1.807) is 12.4 Å². The average molecular weight is 354 g/mol. The zero-order valence-electron chi connectivity index (χ0n) is 14.8. The van der Waals surface area contributed by atoms with E-state index in [1.807, 2.05) is 38.8 Å². The van der Waals surface area contributed by atoms with Gasteiger partial charge in [-0.25, -0.2) is 9.67 Å². The van der Waals surface area contributed by atoms with Crippen LogP contribution in [0.25, 0.3) is 0 Å². The molecular weight excluding hydrogens is 333 g/mol. The van der Waals surface area contributed by atoms with Crippen LogP contribution >= 0.6 is 0 Å². The molecule has 0 bridgehead atoms. The smallest absolute Gasteiger partial charge is 0.435 e. The van der Waals surface area contributed by atoms with E-state index in [4.69, 9.17) is 4.74 Å². The second kappa shape index (κ2) is 7.16. The van der Waals surface area contributed by atoms with Crippen molar-refractivity contribution in [1.29, 1.82) is 0 Å². The van der Waals surface area contributed by atoms with Gasteiger partial charge in [0.2, 0.25) is 5.88 Å². The first-order valence-electron chi connectivity index (χ1n) is 7.76. The van der Waals surface area contributed by atoms with Crippen molar-refractivity contribution in [3.05, 3.63) is 35.0 Å². The lowest BCUT2D eigenvalue weighted by atomic mass is 10.1. The Bertz CT molecular complexity index is 781. The summed E-state index contributed by atoms with van der Waals surface area (Å²) in [5.41, 5.74) is 1.43. The predicted molar refractivity (Wildman–Crippen MR) is 90.7 cm³/mol. The summed E-state index contributed by atoms with van der Waals surface area (Å²) in [6.07, 6.45) is -2.77. The van der Waals surface area contributed by atoms with Crippen LogP contribution in [-0.4, -0.2) is 34.6 Å². The molecule has 1 heterocycles. The first-order valence-corrected chi connectivity index (χ1v) is 7.76. The number of halogens is 3. The Morgan fingerprint density at radius 1 is 1.24 bits per heavy atom. The van der Waals surface area contributed by atoms with Crippen LogP contribution in [0.3, 0.4) is 0 Å². The van der Waals surface area contributed by atoms with E-state index in [2.05, 4.69) is 10.1 Å². The Morgan fingerprint density at radius 3 is 2.48 bits per heavy atom. The molecule has 0 aliphatic heterocycles. The van der Waals surface area contributed by atoms with Crippen LogP contribution in [0.15, 0.2) is 23.2 Å². The van der Waals surface area contributed by atoms with E-state index in [9.17, 15) is 13.2 Å². The van der Waals surface area contributed by atoms with Gasteiger partial charge in [0.25, 0.3) is 0 Å². The third kappa shape index (κ3) is 4.52. The standard InChI is InChI=1S/C17H21F3N4O/c1-6-23(4)10-21-13-7-12(3)14(8-11(13)2)25-16-9-15(17(18,19)20)22-24(16)5/h7-10H,6H2,1-5H3. The summed E-state index contributed by atoms with van der Waals surface area (Å²) in [4.78, 5) is 6.36. The van der Waals surface area contributed by atoms with Gasteiger partial charge in [0.15, 0.2) is 5.69 Å². The van der Waals surface area contributed by atoms with Gasteiger partial charge in [-0.3, -0.25) is 0 Å². The maximum Gasteiger partial charge on any atom is 0.435 e. The molecule has 5 nitrogen and oxygen atoms in total. The monoisotopic (exact) mass is 354 g/mol. The highest BCUT2D eigenvalue weighted by Crippen LogP contribution is 2.34. The van der Waals surface area contributed by atoms with Crippen LogP contribution in [-0.2, 0) is 13.2 Å². The fourth-order valence-corrected chi connectivity index (χ4v) is 2.06. The second-order valence-electron chi connectivity index (χ2n) is 5.81. The van der Waals surface area contributed by atoms with Gasteiger partial charge in [0, 0.05) is 26.7 Å². The zero-order chi connectivity index (χ0) is 18.8. The summed E-state index contributed by atoms with van der Waals surface area (Å²) >= 11 is 0. The predicted octanol–water partition coefficient (Wildman–Crippen LogP) is 4.46. The first kappa shape index (κ1) is 18.8. The van der Waals surface area contributed by atoms with Crippen LogP contribution in [0.4, 0.5) is 18.9 Å². The SMILES string of the molecule is CCN(C)C=Nc1cc(C)c(Oc2cc(C(F)(F)F)nn2C)cc1C. The fourth-order valence-electron chi connectivity index (χ4n) is 2.06. The lowest BCUT2D eigenvalue weighted by molar-refractivity contribution is -0.141. The summed E-state index contributed by atoms with van der Waals surface area (Å²) in [7, 11) is 3.33. The number of hydrogen-bond donors (Lipinski definition) is 0. The lowest BCUT2D eigenvalue weighted by Crippen LogP contribution is -2.14. The van der Waals surface area contributed by atoms with Crippen molar-refractivity contribution >= 4 is 12.0 Å². The Morgan fingerprint density at radius 2 is 1.92 bits per heavy atom. The Balaban J connectivity index is 2.28. The Hall–Kier alpha value is -2.51. The zero-order valence-corrected chi connectivity index (χ0v) is 14.8.